The van der Waals surface area contributed by atoms with Gasteiger partial charge in [0.25, 0.3) is 0 Å². The highest BCUT2D eigenvalue weighted by molar-refractivity contribution is 6.30. The Kier molecular flexibility index (Phi) is 4.19. The summed E-state index contributed by atoms with van der Waals surface area (Å²) in [4.78, 5) is 11.2. The summed E-state index contributed by atoms with van der Waals surface area (Å²) in [5, 5.41) is 0.725. The molecule has 1 saturated heterocycles. The number of benzene rings is 2. The van der Waals surface area contributed by atoms with Crippen LogP contribution in [0.2, 0.25) is 5.02 Å². The van der Waals surface area contributed by atoms with Crippen LogP contribution in [-0.4, -0.2) is 12.2 Å². The number of hydrogen-bond acceptors (Lipinski definition) is 3. The molecule has 0 N–H and O–H groups in total. The third-order valence-corrected chi connectivity index (χ3v) is 4.51. The van der Waals surface area contributed by atoms with Crippen LogP contribution in [0.5, 0.6) is 0 Å². The number of halogens is 1. The zero-order chi connectivity index (χ0) is 15.6. The molecule has 0 bridgehead atoms. The Labute approximate surface area is 140 Å². The second kappa shape index (κ2) is 6.46. The summed E-state index contributed by atoms with van der Waals surface area (Å²) < 4.78 is 6.14. The van der Waals surface area contributed by atoms with Crippen molar-refractivity contribution >= 4 is 17.2 Å². The number of hydrogen-bond donors (Lipinski definition) is 0. The van der Waals surface area contributed by atoms with E-state index in [1.165, 1.54) is 0 Å². The standard InChI is InChI=1S/C19H17ClO3/c20-15-11-9-13(10-12-15)16-7-4-8-17-18(16)22-23-19(21-17)14-5-2-1-3-6-14/h1-3,5-7,9-12,17-19H,4,8H2/t17-,18-,19?/m0/s1. The van der Waals surface area contributed by atoms with Gasteiger partial charge in [0, 0.05) is 10.6 Å². The van der Waals surface area contributed by atoms with Crippen LogP contribution in [0.4, 0.5) is 0 Å². The first-order valence-corrected chi connectivity index (χ1v) is 8.17. The SMILES string of the molecule is Clc1ccc(C2=CCC[C@@H]3OC(c4ccccc4)OO[C@@H]23)cc1. The highest BCUT2D eigenvalue weighted by Gasteiger charge is 2.38. The minimum Gasteiger partial charge on any atom is -0.339 e. The quantitative estimate of drug-likeness (QED) is 0.731. The third kappa shape index (κ3) is 3.06. The van der Waals surface area contributed by atoms with Crippen molar-refractivity contribution in [1.29, 1.82) is 0 Å². The van der Waals surface area contributed by atoms with Crippen LogP contribution >= 0.6 is 11.6 Å². The molecule has 0 aromatic heterocycles. The number of rotatable bonds is 2. The van der Waals surface area contributed by atoms with Crippen LogP contribution in [0, 0.1) is 0 Å². The lowest BCUT2D eigenvalue weighted by Gasteiger charge is -2.38. The molecule has 2 aliphatic rings. The Hall–Kier alpha value is -1.65. The summed E-state index contributed by atoms with van der Waals surface area (Å²) in [7, 11) is 0. The topological polar surface area (TPSA) is 27.7 Å². The molecule has 0 amide bonds. The highest BCUT2D eigenvalue weighted by Crippen LogP contribution is 2.39. The van der Waals surface area contributed by atoms with Gasteiger partial charge in [0.15, 0.2) is 0 Å². The van der Waals surface area contributed by atoms with Crippen LogP contribution in [0.3, 0.4) is 0 Å². The molecular formula is C19H17ClO3. The maximum Gasteiger partial charge on any atom is 0.217 e. The molecule has 1 aliphatic carbocycles. The molecular weight excluding hydrogens is 312 g/mol. The molecule has 0 saturated carbocycles. The van der Waals surface area contributed by atoms with E-state index in [9.17, 15) is 0 Å². The van der Waals surface area contributed by atoms with Crippen molar-refractivity contribution in [2.45, 2.75) is 31.3 Å². The fraction of sp³-hybridized carbons (Fsp3) is 0.263. The van der Waals surface area contributed by atoms with Crippen molar-refractivity contribution in [3.8, 4) is 0 Å². The Bertz CT molecular complexity index is 696. The Balaban J connectivity index is 1.55. The normalized spacial score (nSPS) is 27.2. The summed E-state index contributed by atoms with van der Waals surface area (Å²) >= 11 is 5.97. The smallest absolute Gasteiger partial charge is 0.217 e. The van der Waals surface area contributed by atoms with Crippen LogP contribution in [-0.2, 0) is 14.5 Å². The Morgan fingerprint density at radius 3 is 2.48 bits per heavy atom. The lowest BCUT2D eigenvalue weighted by atomic mass is 9.88. The first-order valence-electron chi connectivity index (χ1n) is 7.80. The summed E-state index contributed by atoms with van der Waals surface area (Å²) in [6.07, 6.45) is 3.40. The van der Waals surface area contributed by atoms with E-state index in [0.717, 1.165) is 34.6 Å². The van der Waals surface area contributed by atoms with E-state index in [1.54, 1.807) is 0 Å². The van der Waals surface area contributed by atoms with Crippen molar-refractivity contribution in [3.05, 3.63) is 76.8 Å². The molecule has 0 radical (unpaired) electrons. The second-order valence-corrected chi connectivity index (χ2v) is 6.21. The van der Waals surface area contributed by atoms with Gasteiger partial charge in [0.2, 0.25) is 6.29 Å². The summed E-state index contributed by atoms with van der Waals surface area (Å²) in [5.74, 6) is 0. The molecule has 23 heavy (non-hydrogen) atoms. The van der Waals surface area contributed by atoms with Gasteiger partial charge in [-0.1, -0.05) is 60.1 Å². The van der Waals surface area contributed by atoms with Crippen LogP contribution in [0.25, 0.3) is 5.57 Å². The van der Waals surface area contributed by atoms with Gasteiger partial charge in [-0.25, -0.2) is 4.89 Å². The van der Waals surface area contributed by atoms with Gasteiger partial charge < -0.3 is 4.74 Å². The predicted octanol–water partition coefficient (Wildman–Crippen LogP) is 4.93. The number of fused-ring (bicyclic) bond motifs is 1. The average Bonchev–Trinajstić information content (AvgIpc) is 2.62. The summed E-state index contributed by atoms with van der Waals surface area (Å²) in [6.45, 7) is 0. The van der Waals surface area contributed by atoms with Gasteiger partial charge in [0.1, 0.15) is 6.10 Å². The zero-order valence-corrected chi connectivity index (χ0v) is 13.3. The van der Waals surface area contributed by atoms with Crippen LogP contribution < -0.4 is 0 Å². The molecule has 1 unspecified atom stereocenters. The number of allylic oxidation sites excluding steroid dienone is 1. The summed E-state index contributed by atoms with van der Waals surface area (Å²) in [5.41, 5.74) is 3.16. The van der Waals surface area contributed by atoms with Crippen LogP contribution in [0.15, 0.2) is 60.7 Å². The maximum atomic E-state index is 6.14. The van der Waals surface area contributed by atoms with Gasteiger partial charge in [-0.15, -0.1) is 0 Å². The molecule has 2 aromatic rings. The molecule has 118 valence electrons. The van der Waals surface area contributed by atoms with Crippen molar-refractivity contribution in [3.63, 3.8) is 0 Å². The van der Waals surface area contributed by atoms with Crippen LogP contribution in [0.1, 0.15) is 30.3 Å². The first-order chi connectivity index (χ1) is 11.3. The Morgan fingerprint density at radius 2 is 1.70 bits per heavy atom. The lowest BCUT2D eigenvalue weighted by Crippen LogP contribution is -2.41. The fourth-order valence-corrected chi connectivity index (χ4v) is 3.21. The van der Waals surface area contributed by atoms with Gasteiger partial charge in [-0.2, -0.15) is 4.89 Å². The van der Waals surface area contributed by atoms with E-state index in [1.807, 2.05) is 54.6 Å². The maximum absolute atomic E-state index is 6.14. The van der Waals surface area contributed by atoms with Crippen molar-refractivity contribution < 1.29 is 14.5 Å². The van der Waals surface area contributed by atoms with E-state index in [0.29, 0.717) is 0 Å². The monoisotopic (exact) mass is 328 g/mol. The van der Waals surface area contributed by atoms with Gasteiger partial charge in [-0.05, 0) is 36.1 Å². The fourth-order valence-electron chi connectivity index (χ4n) is 3.08. The first kappa shape index (κ1) is 14.9. The van der Waals surface area contributed by atoms with E-state index < -0.39 is 6.29 Å². The second-order valence-electron chi connectivity index (χ2n) is 5.77. The van der Waals surface area contributed by atoms with E-state index in [-0.39, 0.29) is 12.2 Å². The molecule has 1 heterocycles. The van der Waals surface area contributed by atoms with Crippen molar-refractivity contribution in [2.75, 3.05) is 0 Å². The third-order valence-electron chi connectivity index (χ3n) is 4.25. The van der Waals surface area contributed by atoms with E-state index in [4.69, 9.17) is 26.1 Å². The molecule has 0 spiro atoms. The molecule has 1 fully saturated rings. The van der Waals surface area contributed by atoms with Crippen molar-refractivity contribution in [1.82, 2.24) is 0 Å². The minimum absolute atomic E-state index is 0.00960. The molecule has 3 atom stereocenters. The highest BCUT2D eigenvalue weighted by atomic mass is 35.5. The molecule has 1 aliphatic heterocycles. The predicted molar refractivity (Wildman–Crippen MR) is 88.7 cm³/mol. The van der Waals surface area contributed by atoms with Crippen molar-refractivity contribution in [2.24, 2.45) is 0 Å². The van der Waals surface area contributed by atoms with E-state index >= 15 is 0 Å². The largest absolute Gasteiger partial charge is 0.339 e. The van der Waals surface area contributed by atoms with Gasteiger partial charge in [0.05, 0.1) is 6.10 Å². The Morgan fingerprint density at radius 1 is 0.913 bits per heavy atom. The van der Waals surface area contributed by atoms with Gasteiger partial charge in [-0.3, -0.25) is 0 Å². The molecule has 3 nitrogen and oxygen atoms in total. The van der Waals surface area contributed by atoms with E-state index in [2.05, 4.69) is 6.08 Å². The lowest BCUT2D eigenvalue weighted by molar-refractivity contribution is -0.453. The average molecular weight is 329 g/mol. The number of ether oxygens (including phenoxy) is 1. The summed E-state index contributed by atoms with van der Waals surface area (Å²) in [6, 6.07) is 17.6. The van der Waals surface area contributed by atoms with Gasteiger partial charge >= 0.3 is 0 Å². The minimum atomic E-state index is -0.470. The molecule has 4 heteroatoms. The molecule has 4 rings (SSSR count). The molecule has 2 aromatic carbocycles. The zero-order valence-electron chi connectivity index (χ0n) is 12.5.